The van der Waals surface area contributed by atoms with Crippen LogP contribution in [0.2, 0.25) is 0 Å². The molecule has 8 bridgehead atoms. The van der Waals surface area contributed by atoms with Gasteiger partial charge in [-0.15, -0.1) is 0 Å². The smallest absolute Gasteiger partial charge is 0.0659 e. The third-order valence-corrected chi connectivity index (χ3v) is 4.04. The van der Waals surface area contributed by atoms with Gasteiger partial charge in [-0.25, -0.2) is 9.97 Å². The zero-order chi connectivity index (χ0) is 15.9. The molecule has 3 aromatic rings. The average molecular weight is 433 g/mol. The maximum atomic E-state index is 4.62. The number of aromatic amines is 2. The van der Waals surface area contributed by atoms with Crippen molar-refractivity contribution >= 4 is 46.4 Å². The molecule has 5 rings (SSSR count). The zero-order valence-corrected chi connectivity index (χ0v) is 15.4. The Balaban J connectivity index is 0.000000980. The number of rotatable bonds is 0. The minimum absolute atomic E-state index is 0. The van der Waals surface area contributed by atoms with Crippen LogP contribution in [-0.2, 0) is 33.8 Å². The van der Waals surface area contributed by atoms with E-state index in [1.165, 1.54) is 0 Å². The van der Waals surface area contributed by atoms with Gasteiger partial charge in [0.1, 0.15) is 0 Å². The predicted molar refractivity (Wildman–Crippen MR) is 98.9 cm³/mol. The first kappa shape index (κ1) is 18.4. The number of fused-ring (bicyclic) bond motifs is 8. The molecule has 0 spiro atoms. The Morgan fingerprint density at radius 2 is 0.846 bits per heavy atom. The third-order valence-electron chi connectivity index (χ3n) is 4.04. The quantitative estimate of drug-likeness (QED) is 0.350. The van der Waals surface area contributed by atoms with Gasteiger partial charge in [-0.3, -0.25) is 0 Å². The summed E-state index contributed by atoms with van der Waals surface area (Å²) in [5.41, 5.74) is 7.86. The molecule has 0 fully saturated rings. The monoisotopic (exact) mass is 432 g/mol. The summed E-state index contributed by atoms with van der Waals surface area (Å²) in [6, 6.07) is 16.4. The number of nitrogens with zero attached hydrogens (tertiary/aromatic N) is 2. The summed E-state index contributed by atoms with van der Waals surface area (Å²) in [5.74, 6) is 0. The normalized spacial score (nSPS) is 11.7. The van der Waals surface area contributed by atoms with Crippen LogP contribution in [0.1, 0.15) is 22.8 Å². The fourth-order valence-electron chi connectivity index (χ4n) is 2.94. The van der Waals surface area contributed by atoms with Crippen LogP contribution in [0.25, 0.3) is 46.4 Å². The Labute approximate surface area is 171 Å². The molecule has 0 aliphatic carbocycles. The molecule has 0 saturated carbocycles. The Morgan fingerprint density at radius 1 is 0.500 bits per heavy atom. The van der Waals surface area contributed by atoms with Crippen LogP contribution in [0.5, 0.6) is 0 Å². The van der Waals surface area contributed by atoms with Gasteiger partial charge in [0.15, 0.2) is 0 Å². The molecule has 3 aromatic heterocycles. The van der Waals surface area contributed by atoms with E-state index in [9.17, 15) is 0 Å². The first-order valence-corrected chi connectivity index (χ1v) is 7.85. The van der Waals surface area contributed by atoms with E-state index in [-0.39, 0.29) is 33.8 Å². The van der Waals surface area contributed by atoms with Gasteiger partial charge in [0.05, 0.1) is 22.8 Å². The second-order valence-electron chi connectivity index (χ2n) is 5.91. The summed E-state index contributed by atoms with van der Waals surface area (Å²) in [4.78, 5) is 16.0. The summed E-state index contributed by atoms with van der Waals surface area (Å²) in [6.45, 7) is 0. The molecule has 26 heavy (non-hydrogen) atoms. The molecule has 5 heterocycles. The molecule has 2 aliphatic heterocycles. The number of aromatic nitrogens is 4. The molecular weight excluding hydrogens is 419 g/mol. The van der Waals surface area contributed by atoms with Crippen molar-refractivity contribution < 1.29 is 33.8 Å². The Bertz CT molecular complexity index is 1080. The number of H-pyrrole nitrogens is 2. The first-order chi connectivity index (χ1) is 11.8. The van der Waals surface area contributed by atoms with Gasteiger partial charge in [-0.2, -0.15) is 0 Å². The molecule has 0 saturated heterocycles. The average Bonchev–Trinajstić information content (AvgIpc) is 3.32. The zero-order valence-electron chi connectivity index (χ0n) is 13.5. The molecule has 6 heteroatoms. The van der Waals surface area contributed by atoms with E-state index < -0.39 is 0 Å². The Morgan fingerprint density at radius 3 is 1.27 bits per heavy atom. The molecule has 0 atom stereocenters. The molecule has 0 amide bonds. The van der Waals surface area contributed by atoms with Crippen molar-refractivity contribution in [1.82, 2.24) is 19.9 Å². The molecule has 2 radical (unpaired) electrons. The van der Waals surface area contributed by atoms with Gasteiger partial charge in [-0.1, -0.05) is 0 Å². The summed E-state index contributed by atoms with van der Waals surface area (Å²) in [5, 5.41) is 0. The number of hydrogen-bond acceptors (Lipinski definition) is 2. The fourth-order valence-corrected chi connectivity index (χ4v) is 2.94. The van der Waals surface area contributed by atoms with E-state index in [2.05, 4.69) is 50.3 Å². The molecule has 4 nitrogen and oxygen atoms in total. The van der Waals surface area contributed by atoms with Gasteiger partial charge >= 0.3 is 0 Å². The predicted octanol–water partition coefficient (Wildman–Crippen LogP) is 4.65. The Kier molecular flexibility index (Phi) is 5.29. The van der Waals surface area contributed by atoms with Crippen LogP contribution in [0.3, 0.4) is 0 Å². The first-order valence-electron chi connectivity index (χ1n) is 7.85. The summed E-state index contributed by atoms with van der Waals surface area (Å²) in [7, 11) is 0. The van der Waals surface area contributed by atoms with Crippen molar-refractivity contribution in [2.45, 2.75) is 0 Å². The molecule has 0 unspecified atom stereocenters. The van der Waals surface area contributed by atoms with Gasteiger partial charge in [0, 0.05) is 55.9 Å². The summed E-state index contributed by atoms with van der Waals surface area (Å²) >= 11 is 0. The number of hydrogen-bond donors (Lipinski definition) is 2. The minimum atomic E-state index is 0. The van der Waals surface area contributed by atoms with Crippen LogP contribution >= 0.6 is 0 Å². The topological polar surface area (TPSA) is 57.4 Å². The maximum absolute atomic E-state index is 4.62. The second kappa shape index (κ2) is 7.47. The SMILES string of the molecule is C1=Cc2cc3ccc(cc4ccc(cc5nc(cc1n2)C=C5)[nH]4)[nH]3.[Co].[Cu]. The number of nitrogens with one attached hydrogen (secondary N) is 2. The molecule has 2 aliphatic rings. The van der Waals surface area contributed by atoms with Gasteiger partial charge in [0.2, 0.25) is 0 Å². The van der Waals surface area contributed by atoms with E-state index in [0.717, 1.165) is 44.8 Å². The van der Waals surface area contributed by atoms with Gasteiger partial charge in [-0.05, 0) is 72.8 Å². The van der Waals surface area contributed by atoms with E-state index in [1.807, 2.05) is 42.5 Å². The molecule has 2 N–H and O–H groups in total. The summed E-state index contributed by atoms with van der Waals surface area (Å²) < 4.78 is 0. The van der Waals surface area contributed by atoms with Gasteiger partial charge in [0.25, 0.3) is 0 Å². The minimum Gasteiger partial charge on any atom is -0.355 e. The standard InChI is InChI=1S/C20H14N4.Co.Cu/c1-2-14-10-16-5-6-18(23-16)12-20-8-7-19(24-20)11-17-4-3-15(22-17)9-13(1)21-14;;/h1-12,21-22H;;. The van der Waals surface area contributed by atoms with E-state index in [0.29, 0.717) is 0 Å². The van der Waals surface area contributed by atoms with Crippen molar-refractivity contribution in [3.05, 3.63) is 71.3 Å². The van der Waals surface area contributed by atoms with Crippen LogP contribution < -0.4 is 0 Å². The van der Waals surface area contributed by atoms with Crippen molar-refractivity contribution in [3.63, 3.8) is 0 Å². The fraction of sp³-hybridized carbons (Fsp3) is 0. The maximum Gasteiger partial charge on any atom is 0.0659 e. The van der Waals surface area contributed by atoms with Crippen LogP contribution in [-0.4, -0.2) is 19.9 Å². The largest absolute Gasteiger partial charge is 0.355 e. The Hall–Kier alpha value is -2.37. The van der Waals surface area contributed by atoms with Crippen molar-refractivity contribution in [2.24, 2.45) is 0 Å². The van der Waals surface area contributed by atoms with Crippen molar-refractivity contribution in [2.75, 3.05) is 0 Å². The van der Waals surface area contributed by atoms with E-state index >= 15 is 0 Å². The third kappa shape index (κ3) is 3.74. The van der Waals surface area contributed by atoms with Crippen LogP contribution in [0, 0.1) is 0 Å². The van der Waals surface area contributed by atoms with Crippen LogP contribution in [0.15, 0.2) is 48.5 Å². The van der Waals surface area contributed by atoms with Crippen LogP contribution in [0.4, 0.5) is 0 Å². The van der Waals surface area contributed by atoms with Crippen molar-refractivity contribution in [1.29, 1.82) is 0 Å². The van der Waals surface area contributed by atoms with Crippen molar-refractivity contribution in [3.8, 4) is 0 Å². The molecular formula is C20H14CoCuN4. The van der Waals surface area contributed by atoms with Gasteiger partial charge < -0.3 is 9.97 Å². The summed E-state index contributed by atoms with van der Waals surface area (Å²) in [6.07, 6.45) is 8.05. The molecule has 134 valence electrons. The molecule has 0 aromatic carbocycles. The second-order valence-corrected chi connectivity index (χ2v) is 5.91. The van der Waals surface area contributed by atoms with E-state index in [4.69, 9.17) is 0 Å². The van der Waals surface area contributed by atoms with E-state index in [1.54, 1.807) is 0 Å².